The van der Waals surface area contributed by atoms with E-state index in [4.69, 9.17) is 0 Å². The fourth-order valence-corrected chi connectivity index (χ4v) is 2.63. The van der Waals surface area contributed by atoms with Crippen LogP contribution in [0.5, 0.6) is 0 Å². The molecule has 0 aliphatic rings. The second-order valence-corrected chi connectivity index (χ2v) is 8.18. The molecule has 0 bridgehead atoms. The first-order valence-electron chi connectivity index (χ1n) is 10.9. The Bertz CT molecular complexity index is 1100. The summed E-state index contributed by atoms with van der Waals surface area (Å²) in [6, 6.07) is 13.9. The van der Waals surface area contributed by atoms with Gasteiger partial charge in [0.2, 0.25) is 11.8 Å². The third-order valence-corrected chi connectivity index (χ3v) is 4.51. The Morgan fingerprint density at radius 2 is 1.20 bits per heavy atom. The Labute approximate surface area is 207 Å². The molecule has 0 fully saturated rings. The van der Waals surface area contributed by atoms with Crippen LogP contribution in [-0.4, -0.2) is 68.4 Å². The Morgan fingerprint density at radius 3 is 1.66 bits per heavy atom. The minimum Gasteiger partial charge on any atom is -0.383 e. The summed E-state index contributed by atoms with van der Waals surface area (Å²) in [7, 11) is 9.07. The molecule has 0 saturated carbocycles. The van der Waals surface area contributed by atoms with Gasteiger partial charge in [-0.05, 0) is 24.3 Å². The summed E-state index contributed by atoms with van der Waals surface area (Å²) in [5.41, 5.74) is 2.46. The van der Waals surface area contributed by atoms with Gasteiger partial charge in [0.05, 0.1) is 0 Å². The van der Waals surface area contributed by atoms with E-state index in [2.05, 4.69) is 5.32 Å². The number of carbonyl (C=O) groups excluding carboxylic acids is 4. The summed E-state index contributed by atoms with van der Waals surface area (Å²) in [6.45, 7) is 2.92. The molecule has 0 aliphatic heterocycles. The van der Waals surface area contributed by atoms with E-state index < -0.39 is 0 Å². The van der Waals surface area contributed by atoms with Gasteiger partial charge in [-0.15, -0.1) is 0 Å². The van der Waals surface area contributed by atoms with E-state index in [9.17, 15) is 19.2 Å². The van der Waals surface area contributed by atoms with Crippen molar-refractivity contribution in [3.63, 3.8) is 0 Å². The van der Waals surface area contributed by atoms with Crippen LogP contribution in [0.25, 0.3) is 0 Å². The zero-order chi connectivity index (χ0) is 26.5. The Hall–Kier alpha value is -4.20. The largest absolute Gasteiger partial charge is 0.383 e. The minimum absolute atomic E-state index is 0.0663. The number of anilines is 2. The average Bonchev–Trinajstić information content (AvgIpc) is 2.80. The monoisotopic (exact) mass is 478 g/mol. The lowest BCUT2D eigenvalue weighted by Gasteiger charge is -2.15. The van der Waals surface area contributed by atoms with Crippen LogP contribution < -0.4 is 10.2 Å². The third-order valence-electron chi connectivity index (χ3n) is 4.51. The molecule has 8 heteroatoms. The van der Waals surface area contributed by atoms with Crippen molar-refractivity contribution in [2.45, 2.75) is 13.8 Å². The van der Waals surface area contributed by atoms with Gasteiger partial charge in [0.1, 0.15) is 0 Å². The standard InChI is InChI=1S/C14H18N2O2.C13H16N2O2/c1-11(17)16(4)13-7-5-6-12(10-13)14(18)8-9-15(2)3;1-10(16)14-12-6-4-5-11(9-12)13(17)7-8-15(2)3/h5-10H,1-4H3;4-9H,1-3H3,(H,14,16)/b9-8+;8-7+. The summed E-state index contributed by atoms with van der Waals surface area (Å²) in [5, 5.41) is 2.64. The van der Waals surface area contributed by atoms with E-state index in [0.29, 0.717) is 22.5 Å². The highest BCUT2D eigenvalue weighted by atomic mass is 16.2. The van der Waals surface area contributed by atoms with Crippen LogP contribution in [0, 0.1) is 0 Å². The van der Waals surface area contributed by atoms with Crippen molar-refractivity contribution in [1.29, 1.82) is 0 Å². The van der Waals surface area contributed by atoms with Gasteiger partial charge in [-0.1, -0.05) is 24.3 Å². The Balaban J connectivity index is 0.000000351. The lowest BCUT2D eigenvalue weighted by atomic mass is 10.1. The number of hydrogen-bond acceptors (Lipinski definition) is 6. The molecule has 0 heterocycles. The average molecular weight is 479 g/mol. The summed E-state index contributed by atoms with van der Waals surface area (Å²) < 4.78 is 0. The van der Waals surface area contributed by atoms with Gasteiger partial charge < -0.3 is 20.0 Å². The third kappa shape index (κ3) is 11.0. The maximum Gasteiger partial charge on any atom is 0.223 e. The SMILES string of the molecule is CC(=O)N(C)c1cccc(C(=O)/C=C/N(C)C)c1.CC(=O)Nc1cccc(C(=O)/C=C/N(C)C)c1. The van der Waals surface area contributed by atoms with Crippen molar-refractivity contribution in [3.8, 4) is 0 Å². The summed E-state index contributed by atoms with van der Waals surface area (Å²) in [5.74, 6) is -0.393. The van der Waals surface area contributed by atoms with Gasteiger partial charge in [-0.2, -0.15) is 0 Å². The predicted molar refractivity (Wildman–Crippen MR) is 141 cm³/mol. The lowest BCUT2D eigenvalue weighted by Crippen LogP contribution is -2.22. The highest BCUT2D eigenvalue weighted by Gasteiger charge is 2.08. The van der Waals surface area contributed by atoms with E-state index in [1.165, 1.54) is 30.9 Å². The fraction of sp³-hybridized carbons (Fsp3) is 0.259. The Morgan fingerprint density at radius 1 is 0.714 bits per heavy atom. The van der Waals surface area contributed by atoms with Crippen molar-refractivity contribution >= 4 is 34.8 Å². The van der Waals surface area contributed by atoms with Crippen molar-refractivity contribution < 1.29 is 19.2 Å². The zero-order valence-corrected chi connectivity index (χ0v) is 21.4. The number of amides is 2. The van der Waals surface area contributed by atoms with E-state index in [0.717, 1.165) is 0 Å². The van der Waals surface area contributed by atoms with Gasteiger partial charge in [-0.3, -0.25) is 19.2 Å². The zero-order valence-electron chi connectivity index (χ0n) is 21.4. The molecule has 2 amide bonds. The van der Waals surface area contributed by atoms with Crippen molar-refractivity contribution in [2.24, 2.45) is 0 Å². The molecular weight excluding hydrogens is 444 g/mol. The predicted octanol–water partition coefficient (Wildman–Crippen LogP) is 3.83. The second-order valence-electron chi connectivity index (χ2n) is 8.18. The number of carbonyl (C=O) groups is 4. The van der Waals surface area contributed by atoms with Gasteiger partial charge in [0.25, 0.3) is 0 Å². The van der Waals surface area contributed by atoms with E-state index in [1.54, 1.807) is 77.8 Å². The molecule has 0 spiro atoms. The molecule has 0 unspecified atom stereocenters. The number of ketones is 2. The summed E-state index contributed by atoms with van der Waals surface area (Å²) >= 11 is 0. The van der Waals surface area contributed by atoms with Gasteiger partial charge in [0.15, 0.2) is 11.6 Å². The second kappa shape index (κ2) is 14.1. The van der Waals surface area contributed by atoms with Crippen LogP contribution in [-0.2, 0) is 9.59 Å². The highest BCUT2D eigenvalue weighted by Crippen LogP contribution is 2.16. The fourth-order valence-electron chi connectivity index (χ4n) is 2.63. The molecule has 0 radical (unpaired) electrons. The number of hydrogen-bond donors (Lipinski definition) is 1. The molecule has 2 rings (SSSR count). The van der Waals surface area contributed by atoms with Crippen molar-refractivity contribution in [2.75, 3.05) is 45.5 Å². The number of nitrogens with zero attached hydrogens (tertiary/aromatic N) is 3. The first-order chi connectivity index (χ1) is 16.4. The summed E-state index contributed by atoms with van der Waals surface area (Å²) in [4.78, 5) is 50.9. The van der Waals surface area contributed by atoms with Crippen LogP contribution >= 0.6 is 0 Å². The first kappa shape index (κ1) is 28.8. The Kier molecular flexibility index (Phi) is 11.7. The van der Waals surface area contributed by atoms with Crippen LogP contribution in [0.1, 0.15) is 34.6 Å². The molecule has 8 nitrogen and oxygen atoms in total. The van der Waals surface area contributed by atoms with Crippen molar-refractivity contribution in [3.05, 3.63) is 84.2 Å². The molecule has 1 N–H and O–H groups in total. The van der Waals surface area contributed by atoms with Gasteiger partial charge in [0, 0.05) is 96.1 Å². The smallest absolute Gasteiger partial charge is 0.223 e. The molecular formula is C27H34N4O4. The molecule has 186 valence electrons. The van der Waals surface area contributed by atoms with Gasteiger partial charge >= 0.3 is 0 Å². The van der Waals surface area contributed by atoms with Crippen molar-refractivity contribution in [1.82, 2.24) is 9.80 Å². The summed E-state index contributed by atoms with van der Waals surface area (Å²) in [6.07, 6.45) is 6.39. The number of benzene rings is 2. The number of allylic oxidation sites excluding steroid dienone is 2. The molecule has 2 aromatic rings. The van der Waals surface area contributed by atoms with E-state index >= 15 is 0 Å². The molecule has 0 aliphatic carbocycles. The lowest BCUT2D eigenvalue weighted by molar-refractivity contribution is -0.116. The molecule has 35 heavy (non-hydrogen) atoms. The van der Waals surface area contributed by atoms with Gasteiger partial charge in [-0.25, -0.2) is 0 Å². The maximum atomic E-state index is 11.9. The van der Waals surface area contributed by atoms with Crippen LogP contribution in [0.15, 0.2) is 73.1 Å². The number of rotatable bonds is 8. The molecule has 0 aromatic heterocycles. The molecule has 2 aromatic carbocycles. The minimum atomic E-state index is -0.154. The quantitative estimate of drug-likeness (QED) is 0.458. The first-order valence-corrected chi connectivity index (χ1v) is 10.9. The highest BCUT2D eigenvalue weighted by molar-refractivity contribution is 6.06. The van der Waals surface area contributed by atoms with Crippen LogP contribution in [0.4, 0.5) is 11.4 Å². The molecule has 0 saturated heterocycles. The number of nitrogens with one attached hydrogen (secondary N) is 1. The maximum absolute atomic E-state index is 11.9. The molecule has 0 atom stereocenters. The van der Waals surface area contributed by atoms with Crippen LogP contribution in [0.3, 0.4) is 0 Å². The van der Waals surface area contributed by atoms with Crippen LogP contribution in [0.2, 0.25) is 0 Å². The van der Waals surface area contributed by atoms with E-state index in [1.807, 2.05) is 28.2 Å². The van der Waals surface area contributed by atoms with E-state index in [-0.39, 0.29) is 23.4 Å². The topological polar surface area (TPSA) is 90.0 Å². The normalized spacial score (nSPS) is 10.4.